The molecule has 0 aromatic heterocycles. The minimum atomic E-state index is -0.534. The van der Waals surface area contributed by atoms with Crippen LogP contribution in [0.3, 0.4) is 0 Å². The lowest BCUT2D eigenvalue weighted by molar-refractivity contribution is -0.165. The highest BCUT2D eigenvalue weighted by Crippen LogP contribution is 2.42. The molecule has 136 valence electrons. The van der Waals surface area contributed by atoms with Crippen LogP contribution in [0, 0.1) is 0 Å². The van der Waals surface area contributed by atoms with E-state index in [4.69, 9.17) is 4.74 Å². The van der Waals surface area contributed by atoms with E-state index in [9.17, 15) is 4.79 Å². The Morgan fingerprint density at radius 1 is 0.815 bits per heavy atom. The summed E-state index contributed by atoms with van der Waals surface area (Å²) >= 11 is 7.21. The summed E-state index contributed by atoms with van der Waals surface area (Å²) in [7, 11) is 0. The third-order valence-corrected chi connectivity index (χ3v) is 6.17. The van der Waals surface area contributed by atoms with Gasteiger partial charge in [0.1, 0.15) is 11.8 Å². The van der Waals surface area contributed by atoms with Gasteiger partial charge in [-0.25, -0.2) is 0 Å². The van der Waals surface area contributed by atoms with Crippen LogP contribution in [-0.2, 0) is 11.3 Å². The van der Waals surface area contributed by atoms with Crippen molar-refractivity contribution in [3.05, 3.63) is 98.9 Å². The molecule has 1 aliphatic heterocycles. The van der Waals surface area contributed by atoms with E-state index in [2.05, 4.69) is 31.9 Å². The Labute approximate surface area is 175 Å². The van der Waals surface area contributed by atoms with Crippen molar-refractivity contribution >= 4 is 37.8 Å². The van der Waals surface area contributed by atoms with Gasteiger partial charge in [0.05, 0.1) is 0 Å². The van der Waals surface area contributed by atoms with Crippen LogP contribution >= 0.6 is 31.9 Å². The van der Waals surface area contributed by atoms with Gasteiger partial charge in [-0.05, 0) is 35.4 Å². The molecule has 0 aliphatic carbocycles. The Bertz CT molecular complexity index is 961. The van der Waals surface area contributed by atoms with Crippen LogP contribution in [0.15, 0.2) is 87.8 Å². The van der Waals surface area contributed by atoms with E-state index in [1.54, 1.807) is 0 Å². The molecule has 0 spiro atoms. The van der Waals surface area contributed by atoms with Gasteiger partial charge in [0.2, 0.25) is 6.10 Å². The van der Waals surface area contributed by atoms with Crippen LogP contribution in [0.25, 0.3) is 0 Å². The first-order valence-electron chi connectivity index (χ1n) is 8.65. The van der Waals surface area contributed by atoms with E-state index in [0.717, 1.165) is 20.1 Å². The molecule has 0 unspecified atom stereocenters. The fourth-order valence-corrected chi connectivity index (χ4v) is 4.24. The molecule has 0 N–H and O–H groups in total. The summed E-state index contributed by atoms with van der Waals surface area (Å²) in [5.74, 6) is 0.698. The van der Waals surface area contributed by atoms with Gasteiger partial charge in [-0.2, -0.15) is 0 Å². The fourth-order valence-electron chi connectivity index (χ4n) is 3.31. The topological polar surface area (TPSA) is 29.5 Å². The van der Waals surface area contributed by atoms with Gasteiger partial charge in [0, 0.05) is 15.5 Å². The maximum absolute atomic E-state index is 12.9. The third kappa shape index (κ3) is 3.66. The number of likely N-dealkylation sites (tertiary alicyclic amines) is 1. The lowest BCUT2D eigenvalue weighted by atomic mass is 9.90. The number of para-hydroxylation sites is 1. The van der Waals surface area contributed by atoms with Crippen molar-refractivity contribution in [2.45, 2.75) is 18.7 Å². The lowest BCUT2D eigenvalue weighted by Gasteiger charge is -2.47. The molecule has 1 aliphatic rings. The first kappa shape index (κ1) is 18.3. The molecular formula is C22H17Br2NO2. The van der Waals surface area contributed by atoms with E-state index in [1.165, 1.54) is 0 Å². The smallest absolute Gasteiger partial charge is 0.267 e. The maximum atomic E-state index is 12.9. The Hall–Kier alpha value is -2.11. The zero-order chi connectivity index (χ0) is 18.8. The summed E-state index contributed by atoms with van der Waals surface area (Å²) in [6.45, 7) is 0.529. The number of hydrogen-bond donors (Lipinski definition) is 0. The van der Waals surface area contributed by atoms with E-state index < -0.39 is 6.10 Å². The average Bonchev–Trinajstić information content (AvgIpc) is 2.70. The lowest BCUT2D eigenvalue weighted by Crippen LogP contribution is -2.60. The number of benzene rings is 3. The Kier molecular flexibility index (Phi) is 5.32. The van der Waals surface area contributed by atoms with Crippen LogP contribution < -0.4 is 4.74 Å². The summed E-state index contributed by atoms with van der Waals surface area (Å²) in [6.07, 6.45) is -0.534. The Morgan fingerprint density at radius 2 is 1.44 bits per heavy atom. The molecule has 1 heterocycles. The number of ether oxygens (including phenoxy) is 1. The van der Waals surface area contributed by atoms with Crippen molar-refractivity contribution in [3.8, 4) is 5.75 Å². The van der Waals surface area contributed by atoms with Crippen molar-refractivity contribution in [3.63, 3.8) is 0 Å². The van der Waals surface area contributed by atoms with Gasteiger partial charge in [-0.1, -0.05) is 86.5 Å². The van der Waals surface area contributed by atoms with Crippen molar-refractivity contribution in [1.82, 2.24) is 4.90 Å². The third-order valence-electron chi connectivity index (χ3n) is 4.68. The molecule has 3 nitrogen and oxygen atoms in total. The summed E-state index contributed by atoms with van der Waals surface area (Å²) in [5.41, 5.74) is 2.12. The molecule has 0 saturated carbocycles. The first-order chi connectivity index (χ1) is 13.1. The van der Waals surface area contributed by atoms with Crippen LogP contribution in [0.5, 0.6) is 5.75 Å². The minimum absolute atomic E-state index is 0.00430. The zero-order valence-corrected chi connectivity index (χ0v) is 17.6. The number of halogens is 2. The van der Waals surface area contributed by atoms with Gasteiger partial charge >= 0.3 is 0 Å². The molecule has 0 radical (unpaired) electrons. The fraction of sp³-hybridized carbons (Fsp3) is 0.136. The number of amides is 1. The van der Waals surface area contributed by atoms with Crippen LogP contribution in [0.2, 0.25) is 0 Å². The second-order valence-electron chi connectivity index (χ2n) is 6.38. The predicted molar refractivity (Wildman–Crippen MR) is 112 cm³/mol. The van der Waals surface area contributed by atoms with Gasteiger partial charge in [-0.15, -0.1) is 0 Å². The number of hydrogen-bond acceptors (Lipinski definition) is 2. The van der Waals surface area contributed by atoms with E-state index >= 15 is 0 Å². The highest BCUT2D eigenvalue weighted by atomic mass is 79.9. The van der Waals surface area contributed by atoms with Gasteiger partial charge in [0.25, 0.3) is 5.91 Å². The van der Waals surface area contributed by atoms with Crippen molar-refractivity contribution in [2.75, 3.05) is 0 Å². The normalized spacial score (nSPS) is 18.9. The molecule has 5 heteroatoms. The molecule has 27 heavy (non-hydrogen) atoms. The van der Waals surface area contributed by atoms with Crippen LogP contribution in [0.1, 0.15) is 17.2 Å². The number of β-lactam (4-membered cyclic amide) rings is 1. The number of carbonyl (C=O) groups excluding carboxylic acids is 1. The number of carbonyl (C=O) groups is 1. The highest BCUT2D eigenvalue weighted by Gasteiger charge is 2.50. The van der Waals surface area contributed by atoms with Crippen LogP contribution in [-0.4, -0.2) is 16.9 Å². The van der Waals surface area contributed by atoms with E-state index in [-0.39, 0.29) is 11.9 Å². The SMILES string of the molecule is O=C1[C@H](Oc2ccccc2)[C@H](c2ccccc2Br)N1Cc1ccccc1Br. The second kappa shape index (κ2) is 7.87. The minimum Gasteiger partial charge on any atom is -0.478 e. The molecule has 0 bridgehead atoms. The maximum Gasteiger partial charge on any atom is 0.267 e. The van der Waals surface area contributed by atoms with Crippen molar-refractivity contribution in [2.24, 2.45) is 0 Å². The predicted octanol–water partition coefficient (Wildman–Crippen LogP) is 5.74. The summed E-state index contributed by atoms with van der Waals surface area (Å²) < 4.78 is 8.03. The largest absolute Gasteiger partial charge is 0.478 e. The van der Waals surface area contributed by atoms with E-state index in [0.29, 0.717) is 12.3 Å². The Balaban J connectivity index is 1.65. The number of nitrogens with zero attached hydrogens (tertiary/aromatic N) is 1. The average molecular weight is 487 g/mol. The monoisotopic (exact) mass is 485 g/mol. The van der Waals surface area contributed by atoms with Crippen molar-refractivity contribution in [1.29, 1.82) is 0 Å². The quantitative estimate of drug-likeness (QED) is 0.430. The molecule has 1 fully saturated rings. The molecule has 3 aromatic carbocycles. The highest BCUT2D eigenvalue weighted by molar-refractivity contribution is 9.10. The van der Waals surface area contributed by atoms with Crippen molar-refractivity contribution < 1.29 is 9.53 Å². The van der Waals surface area contributed by atoms with Gasteiger partial charge in [0.15, 0.2) is 0 Å². The zero-order valence-electron chi connectivity index (χ0n) is 14.4. The summed E-state index contributed by atoms with van der Waals surface area (Å²) in [4.78, 5) is 14.8. The molecular weight excluding hydrogens is 470 g/mol. The van der Waals surface area contributed by atoms with E-state index in [1.807, 2.05) is 83.8 Å². The van der Waals surface area contributed by atoms with Gasteiger partial charge < -0.3 is 9.64 Å². The van der Waals surface area contributed by atoms with Crippen LogP contribution in [0.4, 0.5) is 0 Å². The standard InChI is InChI=1S/C22H17Br2NO2/c23-18-12-6-4-8-15(18)14-25-20(17-11-5-7-13-19(17)24)21(22(25)26)27-16-9-2-1-3-10-16/h1-13,20-21H,14H2/t20-,21+/m0/s1. The van der Waals surface area contributed by atoms with Gasteiger partial charge in [-0.3, -0.25) is 4.79 Å². The molecule has 2 atom stereocenters. The second-order valence-corrected chi connectivity index (χ2v) is 8.08. The first-order valence-corrected chi connectivity index (χ1v) is 10.2. The molecule has 4 rings (SSSR count). The molecule has 1 saturated heterocycles. The molecule has 3 aromatic rings. The summed E-state index contributed by atoms with van der Waals surface area (Å²) in [6, 6.07) is 25.3. The Morgan fingerprint density at radius 3 is 2.15 bits per heavy atom. The number of rotatable bonds is 5. The summed E-state index contributed by atoms with van der Waals surface area (Å²) in [5, 5.41) is 0. The molecule has 1 amide bonds.